The van der Waals surface area contributed by atoms with Crippen LogP contribution in [-0.4, -0.2) is 40.8 Å². The van der Waals surface area contributed by atoms with Crippen LogP contribution < -0.4 is 9.47 Å². The maximum atomic E-state index is 13.8. The summed E-state index contributed by atoms with van der Waals surface area (Å²) in [5, 5.41) is 4.79. The smallest absolute Gasteiger partial charge is 0.273 e. The monoisotopic (exact) mass is 467 g/mol. The van der Waals surface area contributed by atoms with Crippen LogP contribution in [0.3, 0.4) is 0 Å². The first-order valence-corrected chi connectivity index (χ1v) is 11.9. The van der Waals surface area contributed by atoms with Gasteiger partial charge in [-0.2, -0.15) is 5.10 Å². The highest BCUT2D eigenvalue weighted by Gasteiger charge is 2.43. The molecule has 4 aromatic rings. The van der Waals surface area contributed by atoms with Gasteiger partial charge in [-0.1, -0.05) is 42.5 Å². The highest BCUT2D eigenvalue weighted by atomic mass is 16.5. The molecule has 0 bridgehead atoms. The van der Waals surface area contributed by atoms with Crippen LogP contribution in [0.5, 0.6) is 11.5 Å². The van der Waals surface area contributed by atoms with Crippen molar-refractivity contribution in [3.8, 4) is 22.8 Å². The normalized spacial score (nSPS) is 14.8. The van der Waals surface area contributed by atoms with Crippen LogP contribution in [0.1, 0.15) is 40.1 Å². The lowest BCUT2D eigenvalue weighted by molar-refractivity contribution is 0.0741. The molecular weight excluding hydrogens is 438 g/mol. The second-order valence-corrected chi connectivity index (χ2v) is 8.61. The number of benzene rings is 3. The molecule has 0 saturated heterocycles. The van der Waals surface area contributed by atoms with E-state index in [2.05, 4.69) is 18.2 Å². The Morgan fingerprint density at radius 2 is 1.71 bits per heavy atom. The molecule has 0 saturated carbocycles. The van der Waals surface area contributed by atoms with Crippen molar-refractivity contribution in [3.63, 3.8) is 0 Å². The molecule has 0 unspecified atom stereocenters. The zero-order valence-corrected chi connectivity index (χ0v) is 20.3. The van der Waals surface area contributed by atoms with E-state index in [0.29, 0.717) is 18.8 Å². The van der Waals surface area contributed by atoms with E-state index in [-0.39, 0.29) is 11.9 Å². The van der Waals surface area contributed by atoms with Gasteiger partial charge in [0.2, 0.25) is 0 Å². The summed E-state index contributed by atoms with van der Waals surface area (Å²) in [6.45, 7) is 3.15. The molecule has 2 heterocycles. The van der Waals surface area contributed by atoms with Crippen LogP contribution in [0.25, 0.3) is 11.3 Å². The number of ether oxygens (including phenoxy) is 2. The lowest BCUT2D eigenvalue weighted by atomic mass is 9.95. The summed E-state index contributed by atoms with van der Waals surface area (Å²) >= 11 is 0. The van der Waals surface area contributed by atoms with E-state index in [0.717, 1.165) is 40.3 Å². The summed E-state index contributed by atoms with van der Waals surface area (Å²) in [6.07, 6.45) is 0.771. The van der Waals surface area contributed by atoms with Crippen LogP contribution in [0.15, 0.2) is 78.9 Å². The van der Waals surface area contributed by atoms with Gasteiger partial charge in [0.25, 0.3) is 5.91 Å². The standard InChI is InChI=1S/C29H29N3O3/c1-4-35-24-12-8-11-22(19-24)27-25-26(21-13-15-23(34-3)16-14-21)30-31(2)28(25)29(33)32(27)18-17-20-9-6-5-7-10-20/h5-16,19,27H,4,17-18H2,1-3H3/t27-/m1/s1. The Labute approximate surface area is 205 Å². The molecule has 6 heteroatoms. The lowest BCUT2D eigenvalue weighted by Gasteiger charge is -2.27. The van der Waals surface area contributed by atoms with Crippen molar-refractivity contribution in [2.45, 2.75) is 19.4 Å². The van der Waals surface area contributed by atoms with Crippen molar-refractivity contribution < 1.29 is 14.3 Å². The Hall–Kier alpha value is -4.06. The van der Waals surface area contributed by atoms with E-state index in [4.69, 9.17) is 14.6 Å². The number of amides is 1. The summed E-state index contributed by atoms with van der Waals surface area (Å²) in [4.78, 5) is 15.8. The van der Waals surface area contributed by atoms with E-state index < -0.39 is 0 Å². The molecule has 6 nitrogen and oxygen atoms in total. The molecule has 178 valence electrons. The maximum Gasteiger partial charge on any atom is 0.273 e. The second kappa shape index (κ2) is 9.66. The highest BCUT2D eigenvalue weighted by molar-refractivity contribution is 6.00. The number of nitrogens with zero attached hydrogens (tertiary/aromatic N) is 3. The van der Waals surface area contributed by atoms with Gasteiger partial charge in [-0.25, -0.2) is 0 Å². The quantitative estimate of drug-likeness (QED) is 0.354. The minimum Gasteiger partial charge on any atom is -0.497 e. The molecule has 5 rings (SSSR count). The second-order valence-electron chi connectivity index (χ2n) is 8.61. The molecule has 1 aliphatic heterocycles. The van der Waals surface area contributed by atoms with Crippen molar-refractivity contribution in [2.24, 2.45) is 7.05 Å². The third-order valence-electron chi connectivity index (χ3n) is 6.46. The van der Waals surface area contributed by atoms with E-state index >= 15 is 0 Å². The number of carbonyl (C=O) groups excluding carboxylic acids is 1. The van der Waals surface area contributed by atoms with E-state index in [9.17, 15) is 4.79 Å². The fraction of sp³-hybridized carbons (Fsp3) is 0.241. The number of methoxy groups -OCH3 is 1. The largest absolute Gasteiger partial charge is 0.497 e. The van der Waals surface area contributed by atoms with Crippen LogP contribution in [0.2, 0.25) is 0 Å². The average Bonchev–Trinajstić information content (AvgIpc) is 3.38. The number of rotatable bonds is 8. The number of hydrogen-bond acceptors (Lipinski definition) is 4. The maximum absolute atomic E-state index is 13.8. The Kier molecular flexibility index (Phi) is 6.27. The van der Waals surface area contributed by atoms with Gasteiger partial charge in [0.1, 0.15) is 17.2 Å². The summed E-state index contributed by atoms with van der Waals surface area (Å²) in [6, 6.07) is 25.9. The zero-order valence-electron chi connectivity index (χ0n) is 20.3. The van der Waals surface area contributed by atoms with Gasteiger partial charge in [0, 0.05) is 24.7 Å². The van der Waals surface area contributed by atoms with Crippen molar-refractivity contribution in [1.82, 2.24) is 14.7 Å². The molecule has 0 spiro atoms. The predicted molar refractivity (Wildman–Crippen MR) is 136 cm³/mol. The van der Waals surface area contributed by atoms with Crippen molar-refractivity contribution in [1.29, 1.82) is 0 Å². The van der Waals surface area contributed by atoms with Crippen molar-refractivity contribution >= 4 is 5.91 Å². The minimum atomic E-state index is -0.257. The number of aromatic nitrogens is 2. The van der Waals surface area contributed by atoms with Crippen LogP contribution in [0, 0.1) is 0 Å². The van der Waals surface area contributed by atoms with E-state index in [1.165, 1.54) is 5.56 Å². The number of carbonyl (C=O) groups is 1. The third-order valence-corrected chi connectivity index (χ3v) is 6.46. The summed E-state index contributed by atoms with van der Waals surface area (Å²) in [5.74, 6) is 1.57. The molecular formula is C29H29N3O3. The van der Waals surface area contributed by atoms with Crippen LogP contribution >= 0.6 is 0 Å². The Bertz CT molecular complexity index is 1330. The number of hydrogen-bond donors (Lipinski definition) is 0. The molecule has 1 aliphatic rings. The summed E-state index contributed by atoms with van der Waals surface area (Å²) in [5.41, 5.74) is 5.55. The molecule has 1 amide bonds. The Morgan fingerprint density at radius 3 is 2.43 bits per heavy atom. The molecule has 0 fully saturated rings. The van der Waals surface area contributed by atoms with E-state index in [1.54, 1.807) is 11.8 Å². The zero-order chi connectivity index (χ0) is 24.4. The minimum absolute atomic E-state index is 0.00231. The summed E-state index contributed by atoms with van der Waals surface area (Å²) in [7, 11) is 3.50. The fourth-order valence-corrected chi connectivity index (χ4v) is 4.84. The van der Waals surface area contributed by atoms with Crippen LogP contribution in [-0.2, 0) is 13.5 Å². The molecule has 0 radical (unpaired) electrons. The number of aryl methyl sites for hydroxylation is 1. The van der Waals surface area contributed by atoms with E-state index in [1.807, 2.05) is 79.5 Å². The third kappa shape index (κ3) is 4.28. The number of fused-ring (bicyclic) bond motifs is 1. The molecule has 1 atom stereocenters. The van der Waals surface area contributed by atoms with Crippen molar-refractivity contribution in [2.75, 3.05) is 20.3 Å². The van der Waals surface area contributed by atoms with Crippen molar-refractivity contribution in [3.05, 3.63) is 101 Å². The highest BCUT2D eigenvalue weighted by Crippen LogP contribution is 2.44. The summed E-state index contributed by atoms with van der Waals surface area (Å²) < 4.78 is 12.8. The van der Waals surface area contributed by atoms with Gasteiger partial charge in [0.15, 0.2) is 0 Å². The van der Waals surface area contributed by atoms with Crippen LogP contribution in [0.4, 0.5) is 0 Å². The first-order valence-electron chi connectivity index (χ1n) is 11.9. The molecule has 3 aromatic carbocycles. The first kappa shape index (κ1) is 22.7. The SMILES string of the molecule is CCOc1cccc([C@@H]2c3c(-c4ccc(OC)cc4)nn(C)c3C(=O)N2CCc2ccccc2)c1. The molecule has 0 N–H and O–H groups in total. The van der Waals surface area contributed by atoms with Gasteiger partial charge >= 0.3 is 0 Å². The van der Waals surface area contributed by atoms with Gasteiger partial charge < -0.3 is 14.4 Å². The predicted octanol–water partition coefficient (Wildman–Crippen LogP) is 5.28. The first-order chi connectivity index (χ1) is 17.1. The van der Waals surface area contributed by atoms with Gasteiger partial charge in [-0.3, -0.25) is 9.48 Å². The molecule has 0 aliphatic carbocycles. The molecule has 1 aromatic heterocycles. The van der Waals surface area contributed by atoms with Gasteiger partial charge in [-0.15, -0.1) is 0 Å². The average molecular weight is 468 g/mol. The topological polar surface area (TPSA) is 56.6 Å². The Morgan fingerprint density at radius 1 is 0.943 bits per heavy atom. The Balaban J connectivity index is 1.61. The fourth-order valence-electron chi connectivity index (χ4n) is 4.84. The molecule has 35 heavy (non-hydrogen) atoms. The van der Waals surface area contributed by atoms with Gasteiger partial charge in [-0.05, 0) is 60.9 Å². The lowest BCUT2D eigenvalue weighted by Crippen LogP contribution is -2.32. The van der Waals surface area contributed by atoms with Gasteiger partial charge in [0.05, 0.1) is 25.5 Å².